The highest BCUT2D eigenvalue weighted by Crippen LogP contribution is 2.25. The summed E-state index contributed by atoms with van der Waals surface area (Å²) in [6.45, 7) is 5.88. The molecule has 1 aliphatic heterocycles. The summed E-state index contributed by atoms with van der Waals surface area (Å²) in [5.74, 6) is 0. The second kappa shape index (κ2) is 4.49. The van der Waals surface area contributed by atoms with Crippen LogP contribution in [0.2, 0.25) is 0 Å². The standard InChI is InChI=1S/C9H17F3N2/c1-7(5-9(10,11)12)14-4-3-13-6-8(14)2/h7-8,13H,3-6H2,1-2H3/t7?,8-/m1/s1. The van der Waals surface area contributed by atoms with Crippen molar-refractivity contribution in [3.05, 3.63) is 0 Å². The molecule has 1 rings (SSSR count). The minimum Gasteiger partial charge on any atom is -0.314 e. The number of halogens is 3. The number of piperazine rings is 1. The fraction of sp³-hybridized carbons (Fsp3) is 1.00. The summed E-state index contributed by atoms with van der Waals surface area (Å²) in [5.41, 5.74) is 0. The average Bonchev–Trinajstić information content (AvgIpc) is 2.01. The SMILES string of the molecule is CC(CC(F)(F)F)N1CCNC[C@H]1C. The van der Waals surface area contributed by atoms with Crippen molar-refractivity contribution >= 4 is 0 Å². The minimum absolute atomic E-state index is 0.195. The Morgan fingerprint density at radius 2 is 2.14 bits per heavy atom. The van der Waals surface area contributed by atoms with Gasteiger partial charge in [0, 0.05) is 31.7 Å². The second-order valence-corrected chi connectivity index (χ2v) is 3.96. The van der Waals surface area contributed by atoms with Gasteiger partial charge in [0.15, 0.2) is 0 Å². The maximum Gasteiger partial charge on any atom is 0.390 e. The van der Waals surface area contributed by atoms with Crippen LogP contribution < -0.4 is 5.32 Å². The maximum atomic E-state index is 12.1. The predicted molar refractivity (Wildman–Crippen MR) is 49.2 cm³/mol. The third-order valence-electron chi connectivity index (χ3n) is 2.65. The zero-order valence-electron chi connectivity index (χ0n) is 8.56. The first kappa shape index (κ1) is 11.8. The van der Waals surface area contributed by atoms with Crippen LogP contribution in [0.4, 0.5) is 13.2 Å². The number of nitrogens with zero attached hydrogens (tertiary/aromatic N) is 1. The molecule has 84 valence electrons. The third kappa shape index (κ3) is 3.46. The normalized spacial score (nSPS) is 27.6. The van der Waals surface area contributed by atoms with Gasteiger partial charge in [-0.25, -0.2) is 0 Å². The van der Waals surface area contributed by atoms with Gasteiger partial charge in [-0.2, -0.15) is 13.2 Å². The highest BCUT2D eigenvalue weighted by atomic mass is 19.4. The second-order valence-electron chi connectivity index (χ2n) is 3.96. The summed E-state index contributed by atoms with van der Waals surface area (Å²) in [7, 11) is 0. The largest absolute Gasteiger partial charge is 0.390 e. The molecule has 2 atom stereocenters. The molecule has 0 bridgehead atoms. The van der Waals surface area contributed by atoms with E-state index in [1.807, 2.05) is 11.8 Å². The topological polar surface area (TPSA) is 15.3 Å². The number of hydrogen-bond acceptors (Lipinski definition) is 2. The molecule has 1 aliphatic rings. The van der Waals surface area contributed by atoms with Crippen molar-refractivity contribution in [1.82, 2.24) is 10.2 Å². The molecule has 1 fully saturated rings. The maximum absolute atomic E-state index is 12.1. The van der Waals surface area contributed by atoms with Crippen LogP contribution in [-0.2, 0) is 0 Å². The smallest absolute Gasteiger partial charge is 0.314 e. The van der Waals surface area contributed by atoms with E-state index >= 15 is 0 Å². The molecule has 0 radical (unpaired) electrons. The summed E-state index contributed by atoms with van der Waals surface area (Å²) in [4.78, 5) is 1.92. The predicted octanol–water partition coefficient (Wildman–Crippen LogP) is 1.62. The molecule has 0 aromatic heterocycles. The molecule has 0 saturated carbocycles. The van der Waals surface area contributed by atoms with E-state index < -0.39 is 18.6 Å². The van der Waals surface area contributed by atoms with Crippen LogP contribution in [0.5, 0.6) is 0 Å². The van der Waals surface area contributed by atoms with Crippen molar-refractivity contribution in [1.29, 1.82) is 0 Å². The lowest BCUT2D eigenvalue weighted by molar-refractivity contribution is -0.148. The quantitative estimate of drug-likeness (QED) is 0.745. The third-order valence-corrected chi connectivity index (χ3v) is 2.65. The van der Waals surface area contributed by atoms with E-state index in [-0.39, 0.29) is 6.04 Å². The van der Waals surface area contributed by atoms with Gasteiger partial charge in [-0.3, -0.25) is 4.90 Å². The summed E-state index contributed by atoms with van der Waals surface area (Å²) in [6.07, 6.45) is -4.76. The van der Waals surface area contributed by atoms with Crippen molar-refractivity contribution < 1.29 is 13.2 Å². The molecule has 14 heavy (non-hydrogen) atoms. The molecule has 5 heteroatoms. The molecule has 0 aliphatic carbocycles. The molecule has 0 spiro atoms. The van der Waals surface area contributed by atoms with Gasteiger partial charge < -0.3 is 5.32 Å². The first-order valence-corrected chi connectivity index (χ1v) is 4.93. The van der Waals surface area contributed by atoms with Crippen molar-refractivity contribution in [2.45, 2.75) is 38.5 Å². The summed E-state index contributed by atoms with van der Waals surface area (Å²) >= 11 is 0. The van der Waals surface area contributed by atoms with Gasteiger partial charge in [0.25, 0.3) is 0 Å². The Kier molecular flexibility index (Phi) is 3.78. The molecular formula is C9H17F3N2. The highest BCUT2D eigenvalue weighted by molar-refractivity contribution is 4.81. The monoisotopic (exact) mass is 210 g/mol. The van der Waals surface area contributed by atoms with Crippen molar-refractivity contribution in [2.24, 2.45) is 0 Å². The fourth-order valence-electron chi connectivity index (χ4n) is 1.96. The van der Waals surface area contributed by atoms with Gasteiger partial charge >= 0.3 is 6.18 Å². The Bertz CT molecular complexity index is 181. The molecule has 0 aromatic rings. The molecule has 1 saturated heterocycles. The van der Waals surface area contributed by atoms with Crippen molar-refractivity contribution in [3.8, 4) is 0 Å². The molecule has 1 unspecified atom stereocenters. The van der Waals surface area contributed by atoms with E-state index in [1.165, 1.54) is 0 Å². The van der Waals surface area contributed by atoms with Gasteiger partial charge in [-0.1, -0.05) is 0 Å². The number of hydrogen-bond donors (Lipinski definition) is 1. The van der Waals surface area contributed by atoms with Gasteiger partial charge in [-0.05, 0) is 13.8 Å². The van der Waals surface area contributed by atoms with E-state index in [0.717, 1.165) is 13.1 Å². The zero-order valence-corrected chi connectivity index (χ0v) is 8.56. The number of nitrogens with one attached hydrogen (secondary N) is 1. The van der Waals surface area contributed by atoms with E-state index in [9.17, 15) is 13.2 Å². The first-order valence-electron chi connectivity index (χ1n) is 4.93. The molecular weight excluding hydrogens is 193 g/mol. The van der Waals surface area contributed by atoms with Gasteiger partial charge in [0.1, 0.15) is 0 Å². The lowest BCUT2D eigenvalue weighted by atomic mass is 10.1. The Labute approximate surface area is 82.5 Å². The Hall–Kier alpha value is -0.290. The van der Waals surface area contributed by atoms with E-state index in [2.05, 4.69) is 5.32 Å². The summed E-state index contributed by atoms with van der Waals surface area (Å²) < 4.78 is 36.4. The number of alkyl halides is 3. The Morgan fingerprint density at radius 1 is 1.50 bits per heavy atom. The first-order chi connectivity index (χ1) is 6.40. The average molecular weight is 210 g/mol. The molecule has 0 amide bonds. The van der Waals surface area contributed by atoms with Crippen LogP contribution in [0, 0.1) is 0 Å². The van der Waals surface area contributed by atoms with Crippen LogP contribution in [0.1, 0.15) is 20.3 Å². The Morgan fingerprint density at radius 3 is 2.64 bits per heavy atom. The van der Waals surface area contributed by atoms with Gasteiger partial charge in [-0.15, -0.1) is 0 Å². The zero-order chi connectivity index (χ0) is 10.8. The van der Waals surface area contributed by atoms with E-state index in [1.54, 1.807) is 6.92 Å². The van der Waals surface area contributed by atoms with Gasteiger partial charge in [0.2, 0.25) is 0 Å². The van der Waals surface area contributed by atoms with Crippen LogP contribution in [0.3, 0.4) is 0 Å². The van der Waals surface area contributed by atoms with E-state index in [0.29, 0.717) is 6.54 Å². The summed E-state index contributed by atoms with van der Waals surface area (Å²) in [6, 6.07) is -0.215. The minimum atomic E-state index is -4.05. The van der Waals surface area contributed by atoms with Crippen LogP contribution in [0.15, 0.2) is 0 Å². The van der Waals surface area contributed by atoms with Gasteiger partial charge in [0.05, 0.1) is 6.42 Å². The summed E-state index contributed by atoms with van der Waals surface area (Å²) in [5, 5.41) is 3.16. The molecule has 1 N–H and O–H groups in total. The van der Waals surface area contributed by atoms with Crippen LogP contribution >= 0.6 is 0 Å². The Balaban J connectivity index is 2.46. The lowest BCUT2D eigenvalue weighted by Crippen LogP contribution is -2.53. The fourth-order valence-corrected chi connectivity index (χ4v) is 1.96. The van der Waals surface area contributed by atoms with Crippen LogP contribution in [-0.4, -0.2) is 42.8 Å². The number of rotatable bonds is 2. The molecule has 0 aromatic carbocycles. The molecule has 2 nitrogen and oxygen atoms in total. The molecule has 1 heterocycles. The van der Waals surface area contributed by atoms with E-state index in [4.69, 9.17) is 0 Å². The van der Waals surface area contributed by atoms with Crippen molar-refractivity contribution in [3.63, 3.8) is 0 Å². The van der Waals surface area contributed by atoms with Crippen LogP contribution in [0.25, 0.3) is 0 Å². The highest BCUT2D eigenvalue weighted by Gasteiger charge is 2.34. The van der Waals surface area contributed by atoms with Crippen molar-refractivity contribution in [2.75, 3.05) is 19.6 Å². The lowest BCUT2D eigenvalue weighted by Gasteiger charge is -2.38.